The highest BCUT2D eigenvalue weighted by Gasteiger charge is 2.50. The number of aliphatic hydroxyl groups excluding tert-OH is 10. The summed E-state index contributed by atoms with van der Waals surface area (Å²) in [6.45, 7) is -1.69. The maximum absolute atomic E-state index is 10.8. The first kappa shape index (κ1) is 30.7. The number of ether oxygens (including phenoxy) is 2. The first-order valence-corrected chi connectivity index (χ1v) is 11.2. The average Bonchev–Trinajstić information content (AvgIpc) is 2.83. The van der Waals surface area contributed by atoms with Gasteiger partial charge in [-0.25, -0.2) is 0 Å². The van der Waals surface area contributed by atoms with E-state index < -0.39 is 105 Å². The molecule has 1 aliphatic heterocycles. The number of nitrogens with two attached hydrogens (primary N) is 1. The number of nitrogens with one attached hydrogen (secondary N) is 1. The fraction of sp³-hybridized carbons (Fsp3) is 0.900. The predicted molar refractivity (Wildman–Crippen MR) is 119 cm³/mol. The van der Waals surface area contributed by atoms with Crippen LogP contribution in [0, 0.1) is 5.92 Å². The Morgan fingerprint density at radius 1 is 0.886 bits per heavy atom. The van der Waals surface area contributed by atoms with Crippen molar-refractivity contribution >= 4 is 12.4 Å². The highest BCUT2D eigenvalue weighted by Crippen LogP contribution is 2.32. The van der Waals surface area contributed by atoms with Gasteiger partial charge in [0, 0.05) is 18.6 Å². The lowest BCUT2D eigenvalue weighted by atomic mass is 9.78. The van der Waals surface area contributed by atoms with Crippen LogP contribution in [0.2, 0.25) is 0 Å². The predicted octanol–water partition coefficient (Wildman–Crippen LogP) is -6.36. The monoisotopic (exact) mass is 532 g/mol. The first-order valence-electron chi connectivity index (χ1n) is 11.2. The first-order chi connectivity index (χ1) is 16.0. The van der Waals surface area contributed by atoms with E-state index in [2.05, 4.69) is 5.32 Å². The molecule has 0 aromatic carbocycles. The standard InChI is InChI=1S/C20H36N2O12.ClH/c21-11-16(30)15(29)10(5-25)33-20(11)34-19-7(4-24)2-9(14(28)18(19)32)22-8-1-6(3-23)12(26)17(31)13(8)27;/h1,7-20,22-32H,2-5,21H2;1H. The van der Waals surface area contributed by atoms with Gasteiger partial charge in [-0.15, -0.1) is 12.4 Å². The van der Waals surface area contributed by atoms with E-state index in [1.165, 1.54) is 6.08 Å². The lowest BCUT2D eigenvalue weighted by molar-refractivity contribution is -0.300. The van der Waals surface area contributed by atoms with Crippen molar-refractivity contribution < 1.29 is 60.5 Å². The Bertz CT molecular complexity index is 703. The minimum atomic E-state index is -1.59. The lowest BCUT2D eigenvalue weighted by Crippen LogP contribution is -2.67. The Kier molecular flexibility index (Phi) is 11.2. The molecule has 0 aromatic heterocycles. The van der Waals surface area contributed by atoms with Crippen LogP contribution in [0.1, 0.15) is 6.42 Å². The number of rotatable bonds is 7. The number of hydrogen-bond donors (Lipinski definition) is 12. The molecule has 206 valence electrons. The van der Waals surface area contributed by atoms with Gasteiger partial charge in [-0.05, 0) is 12.0 Å². The molecule has 0 amide bonds. The molecule has 0 spiro atoms. The summed E-state index contributed by atoms with van der Waals surface area (Å²) in [5, 5.41) is 103. The topological polar surface area (TPSA) is 259 Å². The molecule has 0 radical (unpaired) electrons. The molecule has 14 nitrogen and oxygen atoms in total. The van der Waals surface area contributed by atoms with Gasteiger partial charge in [-0.1, -0.05) is 6.08 Å². The summed E-state index contributed by atoms with van der Waals surface area (Å²) in [4.78, 5) is 0. The van der Waals surface area contributed by atoms with Crippen LogP contribution >= 0.6 is 12.4 Å². The minimum absolute atomic E-state index is 0. The minimum Gasteiger partial charge on any atom is -0.396 e. The zero-order valence-electron chi connectivity index (χ0n) is 18.8. The summed E-state index contributed by atoms with van der Waals surface area (Å²) in [6, 6.07) is -3.13. The molecule has 2 fully saturated rings. The fourth-order valence-electron chi connectivity index (χ4n) is 4.81. The van der Waals surface area contributed by atoms with Crippen LogP contribution in [-0.4, -0.2) is 150 Å². The summed E-state index contributed by atoms with van der Waals surface area (Å²) in [7, 11) is 0. The fourth-order valence-corrected chi connectivity index (χ4v) is 4.81. The Hall–Kier alpha value is -0.530. The average molecular weight is 533 g/mol. The van der Waals surface area contributed by atoms with Gasteiger partial charge in [0.25, 0.3) is 0 Å². The molecule has 3 rings (SSSR count). The van der Waals surface area contributed by atoms with Crippen LogP contribution in [0.5, 0.6) is 0 Å². The van der Waals surface area contributed by atoms with Crippen LogP contribution in [0.3, 0.4) is 0 Å². The maximum Gasteiger partial charge on any atom is 0.176 e. The molecular formula is C20H37ClN2O12. The third-order valence-electron chi connectivity index (χ3n) is 6.98. The van der Waals surface area contributed by atoms with Gasteiger partial charge >= 0.3 is 0 Å². The summed E-state index contributed by atoms with van der Waals surface area (Å²) in [6.07, 6.45) is -13.0. The summed E-state index contributed by atoms with van der Waals surface area (Å²) >= 11 is 0. The SMILES string of the molecule is Cl.NC1C(OC2C(CO)CC(NC3C=C(CO)C(O)C(O)C3O)C(O)C2O)OC(CO)C(O)C1O. The van der Waals surface area contributed by atoms with Crippen molar-refractivity contribution in [2.24, 2.45) is 11.7 Å². The van der Waals surface area contributed by atoms with Crippen molar-refractivity contribution in [3.05, 3.63) is 11.6 Å². The van der Waals surface area contributed by atoms with Crippen LogP contribution in [0.15, 0.2) is 11.6 Å². The molecule has 3 aliphatic rings. The molecule has 35 heavy (non-hydrogen) atoms. The Balaban J connectivity index is 0.00000432. The van der Waals surface area contributed by atoms with E-state index in [-0.39, 0.29) is 24.4 Å². The van der Waals surface area contributed by atoms with Crippen LogP contribution in [-0.2, 0) is 9.47 Å². The Morgan fingerprint density at radius 3 is 2.11 bits per heavy atom. The second kappa shape index (κ2) is 12.8. The van der Waals surface area contributed by atoms with Crippen molar-refractivity contribution in [3.8, 4) is 0 Å². The molecule has 2 aliphatic carbocycles. The number of aliphatic hydroxyl groups is 10. The molecular weight excluding hydrogens is 496 g/mol. The Labute approximate surface area is 207 Å². The van der Waals surface area contributed by atoms with Gasteiger partial charge in [0.2, 0.25) is 0 Å². The van der Waals surface area contributed by atoms with Gasteiger partial charge < -0.3 is 71.6 Å². The van der Waals surface area contributed by atoms with Gasteiger partial charge in [-0.2, -0.15) is 0 Å². The van der Waals surface area contributed by atoms with Crippen molar-refractivity contribution in [1.82, 2.24) is 5.32 Å². The number of hydrogen-bond acceptors (Lipinski definition) is 14. The third kappa shape index (κ3) is 6.14. The molecule has 15 heteroatoms. The van der Waals surface area contributed by atoms with E-state index in [1.54, 1.807) is 0 Å². The van der Waals surface area contributed by atoms with Crippen molar-refractivity contribution in [3.63, 3.8) is 0 Å². The molecule has 1 heterocycles. The highest BCUT2D eigenvalue weighted by atomic mass is 35.5. The van der Waals surface area contributed by atoms with E-state index >= 15 is 0 Å². The van der Waals surface area contributed by atoms with Crippen molar-refractivity contribution in [1.29, 1.82) is 0 Å². The number of halogens is 1. The largest absolute Gasteiger partial charge is 0.396 e. The van der Waals surface area contributed by atoms with Gasteiger partial charge in [0.1, 0.15) is 42.7 Å². The van der Waals surface area contributed by atoms with Crippen LogP contribution in [0.25, 0.3) is 0 Å². The van der Waals surface area contributed by atoms with E-state index in [4.69, 9.17) is 15.2 Å². The molecule has 0 bridgehead atoms. The van der Waals surface area contributed by atoms with Gasteiger partial charge in [-0.3, -0.25) is 0 Å². The van der Waals surface area contributed by atoms with Crippen LogP contribution < -0.4 is 11.1 Å². The lowest BCUT2D eigenvalue weighted by Gasteiger charge is -2.47. The van der Waals surface area contributed by atoms with Gasteiger partial charge in [0.15, 0.2) is 6.29 Å². The summed E-state index contributed by atoms with van der Waals surface area (Å²) < 4.78 is 11.1. The zero-order valence-corrected chi connectivity index (χ0v) is 19.6. The normalized spacial score (nSPS) is 48.7. The van der Waals surface area contributed by atoms with Crippen LogP contribution in [0.4, 0.5) is 0 Å². The van der Waals surface area contributed by atoms with Gasteiger partial charge in [0.05, 0.1) is 37.5 Å². The van der Waals surface area contributed by atoms with E-state index in [1.807, 2.05) is 0 Å². The maximum atomic E-state index is 10.8. The zero-order chi connectivity index (χ0) is 25.3. The molecule has 1 saturated heterocycles. The quantitative estimate of drug-likeness (QED) is 0.136. The molecule has 14 unspecified atom stereocenters. The highest BCUT2D eigenvalue weighted by molar-refractivity contribution is 5.85. The van der Waals surface area contributed by atoms with E-state index in [9.17, 15) is 51.1 Å². The molecule has 14 atom stereocenters. The molecule has 13 N–H and O–H groups in total. The molecule has 0 aromatic rings. The second-order valence-corrected chi connectivity index (χ2v) is 9.17. The van der Waals surface area contributed by atoms with E-state index in [0.717, 1.165) is 0 Å². The third-order valence-corrected chi connectivity index (χ3v) is 6.98. The second-order valence-electron chi connectivity index (χ2n) is 9.17. The van der Waals surface area contributed by atoms with Crippen molar-refractivity contribution in [2.45, 2.75) is 85.8 Å². The summed E-state index contributed by atoms with van der Waals surface area (Å²) in [5.41, 5.74) is 5.94. The smallest absolute Gasteiger partial charge is 0.176 e. The molecule has 1 saturated carbocycles. The Morgan fingerprint density at radius 2 is 1.54 bits per heavy atom. The van der Waals surface area contributed by atoms with Crippen molar-refractivity contribution in [2.75, 3.05) is 19.8 Å². The van der Waals surface area contributed by atoms with E-state index in [0.29, 0.717) is 0 Å². The summed E-state index contributed by atoms with van der Waals surface area (Å²) in [5.74, 6) is -0.777.